The van der Waals surface area contributed by atoms with Crippen LogP contribution in [-0.4, -0.2) is 72.5 Å². The Hall–Kier alpha value is -1.30. The molecular weight excluding hydrogens is 220 g/mol. The van der Waals surface area contributed by atoms with Crippen molar-refractivity contribution in [1.82, 2.24) is 14.7 Å². The number of hydrogen-bond donors (Lipinski definition) is 1. The summed E-state index contributed by atoms with van der Waals surface area (Å²) >= 11 is 0. The fraction of sp³-hybridized carbons (Fsp3) is 0.818. The van der Waals surface area contributed by atoms with Gasteiger partial charge in [0.1, 0.15) is 6.04 Å². The highest BCUT2D eigenvalue weighted by Crippen LogP contribution is 2.19. The number of carbonyl (C=O) groups is 2. The van der Waals surface area contributed by atoms with Crippen LogP contribution in [0.5, 0.6) is 0 Å². The molecule has 0 aromatic heterocycles. The molecule has 2 heterocycles. The largest absolute Gasteiger partial charge is 0.351 e. The minimum Gasteiger partial charge on any atom is -0.351 e. The van der Waals surface area contributed by atoms with Gasteiger partial charge in [0.05, 0.1) is 0 Å². The van der Waals surface area contributed by atoms with Gasteiger partial charge in [0.2, 0.25) is 5.91 Å². The zero-order chi connectivity index (χ0) is 12.4. The molecule has 3 amide bonds. The number of likely N-dealkylation sites (tertiary alicyclic amines) is 1. The molecule has 2 N–H and O–H groups in total. The van der Waals surface area contributed by atoms with Crippen LogP contribution in [0.2, 0.25) is 0 Å². The second-order valence-corrected chi connectivity index (χ2v) is 4.82. The minimum atomic E-state index is -0.477. The quantitative estimate of drug-likeness (QED) is 0.659. The monoisotopic (exact) mass is 240 g/mol. The third-order valence-electron chi connectivity index (χ3n) is 3.64. The van der Waals surface area contributed by atoms with Gasteiger partial charge in [-0.1, -0.05) is 0 Å². The van der Waals surface area contributed by atoms with Gasteiger partial charge in [0.15, 0.2) is 0 Å². The van der Waals surface area contributed by atoms with Gasteiger partial charge in [0, 0.05) is 32.7 Å². The fourth-order valence-electron chi connectivity index (χ4n) is 2.52. The standard InChI is InChI=1S/C11H20N4O2/c1-13-5-7-14(8-6-13)10(16)9-3-2-4-15(9)11(12)17/h9H,2-8H2,1H3,(H2,12,17). The highest BCUT2D eigenvalue weighted by Gasteiger charge is 2.36. The van der Waals surface area contributed by atoms with Gasteiger partial charge < -0.3 is 20.4 Å². The Morgan fingerprint density at radius 2 is 1.76 bits per heavy atom. The molecule has 96 valence electrons. The summed E-state index contributed by atoms with van der Waals surface area (Å²) in [6.07, 6.45) is 1.61. The van der Waals surface area contributed by atoms with Crippen LogP contribution >= 0.6 is 0 Å². The number of urea groups is 1. The van der Waals surface area contributed by atoms with Gasteiger partial charge in [-0.3, -0.25) is 4.79 Å². The molecule has 0 spiro atoms. The molecule has 0 aliphatic carbocycles. The molecule has 0 aromatic rings. The van der Waals surface area contributed by atoms with Crippen LogP contribution in [0.15, 0.2) is 0 Å². The Bertz CT molecular complexity index is 313. The van der Waals surface area contributed by atoms with E-state index in [1.807, 2.05) is 11.9 Å². The van der Waals surface area contributed by atoms with Crippen LogP contribution in [0.25, 0.3) is 0 Å². The first-order chi connectivity index (χ1) is 8.09. The second-order valence-electron chi connectivity index (χ2n) is 4.82. The van der Waals surface area contributed by atoms with Crippen molar-refractivity contribution < 1.29 is 9.59 Å². The van der Waals surface area contributed by atoms with Crippen molar-refractivity contribution in [3.05, 3.63) is 0 Å². The molecule has 2 aliphatic heterocycles. The summed E-state index contributed by atoms with van der Waals surface area (Å²) in [5.74, 6) is 0.0643. The maximum Gasteiger partial charge on any atom is 0.315 e. The lowest BCUT2D eigenvalue weighted by Crippen LogP contribution is -2.54. The predicted molar refractivity (Wildman–Crippen MR) is 63.4 cm³/mol. The van der Waals surface area contributed by atoms with E-state index in [9.17, 15) is 9.59 Å². The predicted octanol–water partition coefficient (Wildman–Crippen LogP) is -0.696. The average Bonchev–Trinajstić information content (AvgIpc) is 2.78. The maximum atomic E-state index is 12.3. The van der Waals surface area contributed by atoms with Crippen molar-refractivity contribution in [2.45, 2.75) is 18.9 Å². The Balaban J connectivity index is 1.97. The lowest BCUT2D eigenvalue weighted by molar-refractivity contribution is -0.136. The molecule has 1 unspecified atom stereocenters. The molecule has 17 heavy (non-hydrogen) atoms. The molecule has 1 atom stereocenters. The lowest BCUT2D eigenvalue weighted by atomic mass is 10.1. The van der Waals surface area contributed by atoms with Crippen molar-refractivity contribution in [2.75, 3.05) is 39.8 Å². The zero-order valence-electron chi connectivity index (χ0n) is 10.3. The number of rotatable bonds is 1. The molecule has 0 saturated carbocycles. The van der Waals surface area contributed by atoms with Gasteiger partial charge in [-0.15, -0.1) is 0 Å². The van der Waals surface area contributed by atoms with Crippen LogP contribution < -0.4 is 5.73 Å². The Morgan fingerprint density at radius 3 is 2.35 bits per heavy atom. The van der Waals surface area contributed by atoms with Crippen LogP contribution in [0, 0.1) is 0 Å². The highest BCUT2D eigenvalue weighted by atomic mass is 16.2. The first-order valence-electron chi connectivity index (χ1n) is 6.13. The van der Waals surface area contributed by atoms with Gasteiger partial charge in [0.25, 0.3) is 0 Å². The number of primary amides is 1. The average molecular weight is 240 g/mol. The van der Waals surface area contributed by atoms with E-state index in [0.29, 0.717) is 6.54 Å². The third-order valence-corrected chi connectivity index (χ3v) is 3.64. The molecule has 6 heteroatoms. The molecule has 2 rings (SSSR count). The number of piperazine rings is 1. The van der Waals surface area contributed by atoms with E-state index in [2.05, 4.69) is 4.90 Å². The normalized spacial score (nSPS) is 26.3. The van der Waals surface area contributed by atoms with Gasteiger partial charge in [-0.25, -0.2) is 4.79 Å². The van der Waals surface area contributed by atoms with Crippen LogP contribution in [0.4, 0.5) is 4.79 Å². The maximum absolute atomic E-state index is 12.3. The summed E-state index contributed by atoms with van der Waals surface area (Å²) in [4.78, 5) is 29.1. The molecule has 2 saturated heterocycles. The van der Waals surface area contributed by atoms with Crippen LogP contribution in [0.3, 0.4) is 0 Å². The lowest BCUT2D eigenvalue weighted by Gasteiger charge is -2.35. The molecule has 0 radical (unpaired) electrons. The minimum absolute atomic E-state index is 0.0643. The van der Waals surface area contributed by atoms with E-state index in [1.165, 1.54) is 4.90 Å². The van der Waals surface area contributed by atoms with E-state index in [0.717, 1.165) is 39.0 Å². The number of carbonyl (C=O) groups excluding carboxylic acids is 2. The molecule has 6 nitrogen and oxygen atoms in total. The summed E-state index contributed by atoms with van der Waals surface area (Å²) in [6, 6.07) is -0.800. The van der Waals surface area contributed by atoms with E-state index in [4.69, 9.17) is 5.73 Å². The summed E-state index contributed by atoms with van der Waals surface area (Å²) in [6.45, 7) is 3.90. The highest BCUT2D eigenvalue weighted by molar-refractivity contribution is 5.87. The Labute approximate surface area is 101 Å². The van der Waals surface area contributed by atoms with Crippen molar-refractivity contribution >= 4 is 11.9 Å². The van der Waals surface area contributed by atoms with Gasteiger partial charge in [-0.2, -0.15) is 0 Å². The number of nitrogens with zero attached hydrogens (tertiary/aromatic N) is 3. The SMILES string of the molecule is CN1CCN(C(=O)C2CCCN2C(N)=O)CC1. The van der Waals surface area contributed by atoms with Crippen molar-refractivity contribution in [2.24, 2.45) is 5.73 Å². The molecule has 2 aliphatic rings. The van der Waals surface area contributed by atoms with Crippen LogP contribution in [0.1, 0.15) is 12.8 Å². The summed E-state index contributed by atoms with van der Waals surface area (Å²) in [5, 5.41) is 0. The van der Waals surface area contributed by atoms with E-state index in [1.54, 1.807) is 0 Å². The Morgan fingerprint density at radius 1 is 1.12 bits per heavy atom. The molecule has 0 aromatic carbocycles. The number of nitrogens with two attached hydrogens (primary N) is 1. The molecule has 0 bridgehead atoms. The van der Waals surface area contributed by atoms with Crippen molar-refractivity contribution in [3.8, 4) is 0 Å². The van der Waals surface area contributed by atoms with Gasteiger partial charge in [-0.05, 0) is 19.9 Å². The van der Waals surface area contributed by atoms with E-state index >= 15 is 0 Å². The first kappa shape index (κ1) is 12.2. The first-order valence-corrected chi connectivity index (χ1v) is 6.13. The van der Waals surface area contributed by atoms with E-state index in [-0.39, 0.29) is 11.9 Å². The second kappa shape index (κ2) is 4.91. The van der Waals surface area contributed by atoms with Crippen molar-refractivity contribution in [3.63, 3.8) is 0 Å². The number of amides is 3. The molecular formula is C11H20N4O2. The molecule has 2 fully saturated rings. The summed E-state index contributed by atoms with van der Waals surface area (Å²) < 4.78 is 0. The smallest absolute Gasteiger partial charge is 0.315 e. The number of hydrogen-bond acceptors (Lipinski definition) is 3. The summed E-state index contributed by atoms with van der Waals surface area (Å²) in [5.41, 5.74) is 5.29. The summed E-state index contributed by atoms with van der Waals surface area (Å²) in [7, 11) is 2.05. The van der Waals surface area contributed by atoms with Crippen molar-refractivity contribution in [1.29, 1.82) is 0 Å². The topological polar surface area (TPSA) is 69.9 Å². The zero-order valence-corrected chi connectivity index (χ0v) is 10.3. The van der Waals surface area contributed by atoms with E-state index < -0.39 is 6.03 Å². The van der Waals surface area contributed by atoms with Crippen LogP contribution in [-0.2, 0) is 4.79 Å². The number of likely N-dealkylation sites (N-methyl/N-ethyl adjacent to an activating group) is 1. The fourth-order valence-corrected chi connectivity index (χ4v) is 2.52. The third kappa shape index (κ3) is 2.52. The van der Waals surface area contributed by atoms with Gasteiger partial charge >= 0.3 is 6.03 Å². The Kier molecular flexibility index (Phi) is 3.51.